The average molecular weight is 392 g/mol. The largest absolute Gasteiger partial charge is 0.506 e. The number of fused-ring (bicyclic) bond motifs is 1. The second kappa shape index (κ2) is 6.10. The Morgan fingerprint density at radius 1 is 1.13 bits per heavy atom. The lowest BCUT2D eigenvalue weighted by Gasteiger charge is -2.12. The molecule has 0 radical (unpaired) electrons. The number of carbonyl (C=O) groups is 1. The van der Waals surface area contributed by atoms with Crippen molar-refractivity contribution in [1.29, 1.82) is 0 Å². The minimum Gasteiger partial charge on any atom is -0.506 e. The summed E-state index contributed by atoms with van der Waals surface area (Å²) in [5, 5.41) is 14.8. The number of carbonyl (C=O) groups excluding carboxylic acids is 1. The number of phenols is 1. The molecule has 0 atom stereocenters. The van der Waals surface area contributed by atoms with Gasteiger partial charge < -0.3 is 16.2 Å². The van der Waals surface area contributed by atoms with Gasteiger partial charge in [-0.2, -0.15) is 0 Å². The lowest BCUT2D eigenvalue weighted by molar-refractivity contribution is 0.102. The molecule has 0 aliphatic rings. The Labute approximate surface area is 146 Å². The predicted octanol–water partition coefficient (Wildman–Crippen LogP) is 4.80. The highest BCUT2D eigenvalue weighted by Gasteiger charge is 2.17. The summed E-state index contributed by atoms with van der Waals surface area (Å²) in [7, 11) is 0. The van der Waals surface area contributed by atoms with Crippen LogP contribution in [0.3, 0.4) is 0 Å². The summed E-state index contributed by atoms with van der Waals surface area (Å²) < 4.78 is 0.722. The molecule has 0 aromatic heterocycles. The second-order valence-electron chi connectivity index (χ2n) is 4.99. The Morgan fingerprint density at radius 2 is 1.83 bits per heavy atom. The molecule has 4 N–H and O–H groups in total. The van der Waals surface area contributed by atoms with Crippen LogP contribution in [0.1, 0.15) is 10.4 Å². The molecule has 3 rings (SSSR count). The van der Waals surface area contributed by atoms with Gasteiger partial charge in [-0.05, 0) is 29.7 Å². The van der Waals surface area contributed by atoms with E-state index in [9.17, 15) is 9.90 Å². The number of nitrogens with one attached hydrogen (secondary N) is 1. The maximum atomic E-state index is 12.5. The summed E-state index contributed by atoms with van der Waals surface area (Å²) >= 11 is 9.49. The van der Waals surface area contributed by atoms with Crippen molar-refractivity contribution in [3.63, 3.8) is 0 Å². The van der Waals surface area contributed by atoms with Crippen molar-refractivity contribution in [2.45, 2.75) is 0 Å². The van der Waals surface area contributed by atoms with Crippen molar-refractivity contribution in [3.8, 4) is 5.75 Å². The van der Waals surface area contributed by atoms with Gasteiger partial charge in [-0.15, -0.1) is 0 Å². The van der Waals surface area contributed by atoms with Gasteiger partial charge in [-0.1, -0.05) is 51.8 Å². The summed E-state index contributed by atoms with van der Waals surface area (Å²) in [5.41, 5.74) is 6.72. The predicted molar refractivity (Wildman–Crippen MR) is 97.1 cm³/mol. The van der Waals surface area contributed by atoms with E-state index in [1.54, 1.807) is 36.4 Å². The number of hydrogen-bond donors (Lipinski definition) is 3. The number of halogens is 2. The van der Waals surface area contributed by atoms with Gasteiger partial charge in [0.1, 0.15) is 5.75 Å². The van der Waals surface area contributed by atoms with Crippen LogP contribution in [0.4, 0.5) is 11.4 Å². The fourth-order valence-corrected chi connectivity index (χ4v) is 3.12. The molecule has 0 unspecified atom stereocenters. The summed E-state index contributed by atoms with van der Waals surface area (Å²) in [5.74, 6) is -0.534. The first-order valence-corrected chi connectivity index (χ1v) is 7.91. The highest BCUT2D eigenvalue weighted by Crippen LogP contribution is 2.35. The lowest BCUT2D eigenvalue weighted by atomic mass is 10.0. The van der Waals surface area contributed by atoms with E-state index in [-0.39, 0.29) is 11.3 Å². The highest BCUT2D eigenvalue weighted by atomic mass is 79.9. The van der Waals surface area contributed by atoms with E-state index in [1.165, 1.54) is 0 Å². The Bertz CT molecular complexity index is 928. The van der Waals surface area contributed by atoms with Crippen LogP contribution in [0.25, 0.3) is 10.8 Å². The molecule has 23 heavy (non-hydrogen) atoms. The molecule has 3 aromatic rings. The molecule has 3 aromatic carbocycles. The van der Waals surface area contributed by atoms with E-state index in [4.69, 9.17) is 17.3 Å². The van der Waals surface area contributed by atoms with Gasteiger partial charge in [0.25, 0.3) is 5.91 Å². The molecule has 6 heteroatoms. The fourth-order valence-electron chi connectivity index (χ4n) is 2.31. The van der Waals surface area contributed by atoms with Crippen molar-refractivity contribution in [3.05, 3.63) is 63.6 Å². The van der Waals surface area contributed by atoms with Crippen LogP contribution in [0, 0.1) is 0 Å². The molecule has 4 nitrogen and oxygen atoms in total. The fraction of sp³-hybridized carbons (Fsp3) is 0. The zero-order valence-corrected chi connectivity index (χ0v) is 14.1. The van der Waals surface area contributed by atoms with Gasteiger partial charge in [-0.3, -0.25) is 4.79 Å². The van der Waals surface area contributed by atoms with Crippen LogP contribution in [0.15, 0.2) is 53.0 Å². The lowest BCUT2D eigenvalue weighted by Crippen LogP contribution is -2.12. The molecule has 0 fully saturated rings. The van der Waals surface area contributed by atoms with Crippen molar-refractivity contribution in [1.82, 2.24) is 0 Å². The van der Waals surface area contributed by atoms with Gasteiger partial charge >= 0.3 is 0 Å². The minimum atomic E-state index is -0.458. The van der Waals surface area contributed by atoms with Crippen molar-refractivity contribution >= 4 is 55.6 Å². The SMILES string of the molecule is Nc1ccc(NC(=O)c2cc(Br)c3ccccc3c2O)c(Cl)c1. The Balaban J connectivity index is 2.03. The number of phenolic OH excluding ortho intramolecular Hbond substituents is 1. The van der Waals surface area contributed by atoms with Gasteiger partial charge in [-0.25, -0.2) is 0 Å². The maximum Gasteiger partial charge on any atom is 0.259 e. The normalized spacial score (nSPS) is 10.7. The molecule has 0 aliphatic heterocycles. The van der Waals surface area contributed by atoms with Crippen LogP contribution < -0.4 is 11.1 Å². The molecule has 0 aliphatic carbocycles. The average Bonchev–Trinajstić information content (AvgIpc) is 2.53. The summed E-state index contributed by atoms with van der Waals surface area (Å²) in [6.07, 6.45) is 0. The van der Waals surface area contributed by atoms with Gasteiger partial charge in [0.2, 0.25) is 0 Å². The first-order chi connectivity index (χ1) is 11.0. The van der Waals surface area contributed by atoms with Crippen LogP contribution >= 0.6 is 27.5 Å². The molecule has 0 heterocycles. The number of rotatable bonds is 2. The van der Waals surface area contributed by atoms with Gasteiger partial charge in [0.05, 0.1) is 16.3 Å². The van der Waals surface area contributed by atoms with Crippen molar-refractivity contribution in [2.24, 2.45) is 0 Å². The Hall–Kier alpha value is -2.24. The highest BCUT2D eigenvalue weighted by molar-refractivity contribution is 9.10. The number of benzene rings is 3. The third-order valence-electron chi connectivity index (χ3n) is 3.45. The van der Waals surface area contributed by atoms with E-state index in [1.807, 2.05) is 12.1 Å². The van der Waals surface area contributed by atoms with E-state index in [0.29, 0.717) is 21.8 Å². The first-order valence-electron chi connectivity index (χ1n) is 6.74. The maximum absolute atomic E-state index is 12.5. The van der Waals surface area contributed by atoms with Crippen molar-refractivity contribution in [2.75, 3.05) is 11.1 Å². The smallest absolute Gasteiger partial charge is 0.259 e. The zero-order valence-electron chi connectivity index (χ0n) is 11.8. The quantitative estimate of drug-likeness (QED) is 0.549. The summed E-state index contributed by atoms with van der Waals surface area (Å²) in [6, 6.07) is 13.7. The first kappa shape index (κ1) is 15.6. The topological polar surface area (TPSA) is 75.3 Å². The number of amides is 1. The molecule has 0 spiro atoms. The number of nitrogens with two attached hydrogens (primary N) is 1. The van der Waals surface area contributed by atoms with E-state index in [2.05, 4.69) is 21.2 Å². The molecule has 0 saturated carbocycles. The van der Waals surface area contributed by atoms with Crippen LogP contribution in [-0.2, 0) is 0 Å². The summed E-state index contributed by atoms with van der Waals surface area (Å²) in [4.78, 5) is 12.5. The van der Waals surface area contributed by atoms with E-state index < -0.39 is 5.91 Å². The molecular formula is C17H12BrClN2O2. The van der Waals surface area contributed by atoms with Crippen LogP contribution in [0.2, 0.25) is 5.02 Å². The van der Waals surface area contributed by atoms with Crippen LogP contribution in [0.5, 0.6) is 5.75 Å². The second-order valence-corrected chi connectivity index (χ2v) is 6.26. The number of anilines is 2. The number of hydrogen-bond acceptors (Lipinski definition) is 3. The minimum absolute atomic E-state index is 0.0760. The Kier molecular flexibility index (Phi) is 4.15. The molecule has 0 saturated heterocycles. The van der Waals surface area contributed by atoms with Crippen LogP contribution in [-0.4, -0.2) is 11.0 Å². The van der Waals surface area contributed by atoms with Crippen molar-refractivity contribution < 1.29 is 9.90 Å². The third-order valence-corrected chi connectivity index (χ3v) is 4.42. The van der Waals surface area contributed by atoms with Gasteiger partial charge in [0.15, 0.2) is 0 Å². The van der Waals surface area contributed by atoms with E-state index in [0.717, 1.165) is 9.86 Å². The Morgan fingerprint density at radius 3 is 2.52 bits per heavy atom. The third kappa shape index (κ3) is 2.98. The monoisotopic (exact) mass is 390 g/mol. The molecule has 0 bridgehead atoms. The summed E-state index contributed by atoms with van der Waals surface area (Å²) in [6.45, 7) is 0. The molecular weight excluding hydrogens is 380 g/mol. The molecule has 116 valence electrons. The standard InChI is InChI=1S/C17H12BrClN2O2/c18-13-8-12(16(22)11-4-2-1-3-10(11)13)17(23)21-15-6-5-9(20)7-14(15)19/h1-8,22H,20H2,(H,21,23). The molecule has 1 amide bonds. The zero-order chi connectivity index (χ0) is 16.6. The number of nitrogen functional groups attached to an aromatic ring is 1. The van der Waals surface area contributed by atoms with E-state index >= 15 is 0 Å². The number of aromatic hydroxyl groups is 1. The van der Waals surface area contributed by atoms with Gasteiger partial charge in [0, 0.05) is 15.5 Å².